The molecular formula is C12H15FN4O2S. The summed E-state index contributed by atoms with van der Waals surface area (Å²) >= 11 is 0. The molecule has 0 saturated heterocycles. The van der Waals surface area contributed by atoms with Crippen LogP contribution in [0.3, 0.4) is 0 Å². The van der Waals surface area contributed by atoms with Gasteiger partial charge in [0.15, 0.2) is 9.84 Å². The third kappa shape index (κ3) is 2.96. The van der Waals surface area contributed by atoms with Crippen molar-refractivity contribution in [3.8, 4) is 0 Å². The number of nitrogens with two attached hydrogens (primary N) is 1. The van der Waals surface area contributed by atoms with E-state index in [1.54, 1.807) is 0 Å². The van der Waals surface area contributed by atoms with E-state index >= 15 is 0 Å². The molecular weight excluding hydrogens is 283 g/mol. The second-order valence-electron chi connectivity index (χ2n) is 4.34. The Kier molecular flexibility index (Phi) is 4.03. The molecule has 0 fully saturated rings. The van der Waals surface area contributed by atoms with Gasteiger partial charge in [-0.1, -0.05) is 6.92 Å². The van der Waals surface area contributed by atoms with Crippen molar-refractivity contribution < 1.29 is 12.8 Å². The Morgan fingerprint density at radius 1 is 1.40 bits per heavy atom. The van der Waals surface area contributed by atoms with E-state index in [0.717, 1.165) is 18.6 Å². The smallest absolute Gasteiger partial charge is 0.187 e. The lowest BCUT2D eigenvalue weighted by Crippen LogP contribution is -2.13. The van der Waals surface area contributed by atoms with Crippen LogP contribution in [0.25, 0.3) is 0 Å². The van der Waals surface area contributed by atoms with Crippen LogP contribution in [-0.2, 0) is 22.1 Å². The van der Waals surface area contributed by atoms with Crippen LogP contribution in [0.15, 0.2) is 29.4 Å². The molecule has 0 amide bonds. The van der Waals surface area contributed by atoms with E-state index in [1.165, 1.54) is 17.1 Å². The molecule has 0 saturated carbocycles. The molecule has 0 aliphatic rings. The van der Waals surface area contributed by atoms with Gasteiger partial charge < -0.3 is 5.73 Å². The number of anilines is 1. The van der Waals surface area contributed by atoms with Gasteiger partial charge in [-0.25, -0.2) is 22.5 Å². The standard InChI is InChI=1S/C12H15FN4O2S/c1-2-5-17-12(15-8-16-17)7-20(18,19)11-4-3-9(13)6-10(11)14/h3-4,6,8H,2,5,7,14H2,1H3. The van der Waals surface area contributed by atoms with Crippen molar-refractivity contribution in [2.45, 2.75) is 30.5 Å². The molecule has 0 aliphatic heterocycles. The van der Waals surface area contributed by atoms with E-state index in [-0.39, 0.29) is 16.3 Å². The van der Waals surface area contributed by atoms with E-state index in [4.69, 9.17) is 5.73 Å². The van der Waals surface area contributed by atoms with Crippen molar-refractivity contribution in [1.82, 2.24) is 14.8 Å². The SMILES string of the molecule is CCCn1ncnc1CS(=O)(=O)c1ccc(F)cc1N. The summed E-state index contributed by atoms with van der Waals surface area (Å²) in [5.74, 6) is -0.547. The minimum absolute atomic E-state index is 0.0926. The first-order valence-corrected chi connectivity index (χ1v) is 7.73. The van der Waals surface area contributed by atoms with Gasteiger partial charge in [-0.05, 0) is 24.6 Å². The van der Waals surface area contributed by atoms with Gasteiger partial charge in [-0.15, -0.1) is 0 Å². The van der Waals surface area contributed by atoms with Crippen LogP contribution in [0.2, 0.25) is 0 Å². The van der Waals surface area contributed by atoms with Gasteiger partial charge in [-0.2, -0.15) is 5.10 Å². The lowest BCUT2D eigenvalue weighted by atomic mass is 10.3. The number of hydrogen-bond acceptors (Lipinski definition) is 5. The molecule has 2 aromatic rings. The number of aromatic nitrogens is 3. The molecule has 0 atom stereocenters. The van der Waals surface area contributed by atoms with Crippen molar-refractivity contribution in [3.05, 3.63) is 36.2 Å². The molecule has 0 spiro atoms. The summed E-state index contributed by atoms with van der Waals surface area (Å²) in [6.07, 6.45) is 2.13. The van der Waals surface area contributed by atoms with Crippen molar-refractivity contribution in [3.63, 3.8) is 0 Å². The average molecular weight is 298 g/mol. The molecule has 8 heteroatoms. The third-order valence-corrected chi connectivity index (χ3v) is 4.44. The summed E-state index contributed by atoms with van der Waals surface area (Å²) in [7, 11) is -3.69. The highest BCUT2D eigenvalue weighted by Crippen LogP contribution is 2.22. The van der Waals surface area contributed by atoms with Crippen LogP contribution in [-0.4, -0.2) is 23.2 Å². The predicted octanol–water partition coefficient (Wildman–Crippen LogP) is 1.38. The molecule has 1 aromatic carbocycles. The first kappa shape index (κ1) is 14.4. The van der Waals surface area contributed by atoms with Gasteiger partial charge >= 0.3 is 0 Å². The maximum absolute atomic E-state index is 13.0. The summed E-state index contributed by atoms with van der Waals surface area (Å²) < 4.78 is 39.1. The van der Waals surface area contributed by atoms with Crippen molar-refractivity contribution in [2.24, 2.45) is 0 Å². The highest BCUT2D eigenvalue weighted by atomic mass is 32.2. The molecule has 2 N–H and O–H groups in total. The highest BCUT2D eigenvalue weighted by Gasteiger charge is 2.21. The van der Waals surface area contributed by atoms with Crippen LogP contribution in [0.5, 0.6) is 0 Å². The van der Waals surface area contributed by atoms with Gasteiger partial charge in [0.2, 0.25) is 0 Å². The summed E-state index contributed by atoms with van der Waals surface area (Å²) in [5, 5.41) is 3.97. The number of benzene rings is 1. The predicted molar refractivity (Wildman–Crippen MR) is 72.0 cm³/mol. The second kappa shape index (κ2) is 5.58. The minimum Gasteiger partial charge on any atom is -0.398 e. The monoisotopic (exact) mass is 298 g/mol. The number of nitrogens with zero attached hydrogens (tertiary/aromatic N) is 3. The zero-order chi connectivity index (χ0) is 14.8. The second-order valence-corrected chi connectivity index (χ2v) is 6.30. The van der Waals surface area contributed by atoms with Gasteiger partial charge in [0.1, 0.15) is 23.7 Å². The van der Waals surface area contributed by atoms with E-state index < -0.39 is 15.7 Å². The Morgan fingerprint density at radius 3 is 2.80 bits per heavy atom. The summed E-state index contributed by atoms with van der Waals surface area (Å²) in [4.78, 5) is 3.86. The molecule has 20 heavy (non-hydrogen) atoms. The van der Waals surface area contributed by atoms with Gasteiger partial charge in [-0.3, -0.25) is 0 Å². The Bertz CT molecular complexity index is 712. The number of aryl methyl sites for hydroxylation is 1. The molecule has 0 radical (unpaired) electrons. The fourth-order valence-corrected chi connectivity index (χ4v) is 3.26. The summed E-state index contributed by atoms with van der Waals surface area (Å²) in [5.41, 5.74) is 5.47. The molecule has 1 heterocycles. The average Bonchev–Trinajstić information content (AvgIpc) is 2.76. The number of hydrogen-bond donors (Lipinski definition) is 1. The van der Waals surface area contributed by atoms with Crippen molar-refractivity contribution in [1.29, 1.82) is 0 Å². The molecule has 0 unspecified atom stereocenters. The first-order chi connectivity index (χ1) is 9.44. The topological polar surface area (TPSA) is 90.9 Å². The number of halogens is 1. The zero-order valence-electron chi connectivity index (χ0n) is 11.0. The molecule has 2 rings (SSSR count). The molecule has 108 valence electrons. The minimum atomic E-state index is -3.69. The normalized spacial score (nSPS) is 11.7. The fourth-order valence-electron chi connectivity index (χ4n) is 1.85. The Balaban J connectivity index is 2.33. The van der Waals surface area contributed by atoms with E-state index in [2.05, 4.69) is 10.1 Å². The van der Waals surface area contributed by atoms with E-state index in [9.17, 15) is 12.8 Å². The van der Waals surface area contributed by atoms with Crippen molar-refractivity contribution in [2.75, 3.05) is 5.73 Å². The van der Waals surface area contributed by atoms with Crippen LogP contribution in [0, 0.1) is 5.82 Å². The third-order valence-electron chi connectivity index (χ3n) is 2.76. The van der Waals surface area contributed by atoms with Crippen LogP contribution in [0.4, 0.5) is 10.1 Å². The Hall–Kier alpha value is -1.96. The van der Waals surface area contributed by atoms with Gasteiger partial charge in [0, 0.05) is 6.54 Å². The van der Waals surface area contributed by atoms with Gasteiger partial charge in [0.05, 0.1) is 10.6 Å². The first-order valence-electron chi connectivity index (χ1n) is 6.08. The maximum atomic E-state index is 13.0. The van der Waals surface area contributed by atoms with Crippen LogP contribution in [0.1, 0.15) is 19.2 Å². The number of nitrogen functional groups attached to an aromatic ring is 1. The lowest BCUT2D eigenvalue weighted by molar-refractivity contribution is 0.566. The number of sulfone groups is 1. The molecule has 0 aliphatic carbocycles. The van der Waals surface area contributed by atoms with Crippen LogP contribution >= 0.6 is 0 Å². The van der Waals surface area contributed by atoms with Crippen molar-refractivity contribution >= 4 is 15.5 Å². The largest absolute Gasteiger partial charge is 0.398 e. The quantitative estimate of drug-likeness (QED) is 0.665. The molecule has 1 aromatic heterocycles. The maximum Gasteiger partial charge on any atom is 0.187 e. The number of rotatable bonds is 5. The Morgan fingerprint density at radius 2 is 2.15 bits per heavy atom. The van der Waals surface area contributed by atoms with Crippen LogP contribution < -0.4 is 5.73 Å². The van der Waals surface area contributed by atoms with Gasteiger partial charge in [0.25, 0.3) is 0 Å². The molecule has 6 nitrogen and oxygen atoms in total. The van der Waals surface area contributed by atoms with E-state index in [1.807, 2.05) is 6.92 Å². The summed E-state index contributed by atoms with van der Waals surface area (Å²) in [6.45, 7) is 2.54. The zero-order valence-corrected chi connectivity index (χ0v) is 11.8. The highest BCUT2D eigenvalue weighted by molar-refractivity contribution is 7.90. The Labute approximate surface area is 116 Å². The fraction of sp³-hybridized carbons (Fsp3) is 0.333. The van der Waals surface area contributed by atoms with E-state index in [0.29, 0.717) is 12.4 Å². The lowest BCUT2D eigenvalue weighted by Gasteiger charge is -2.08. The summed E-state index contributed by atoms with van der Waals surface area (Å²) in [6, 6.07) is 3.23. The molecule has 0 bridgehead atoms.